The predicted molar refractivity (Wildman–Crippen MR) is 87.2 cm³/mol. The summed E-state index contributed by atoms with van der Waals surface area (Å²) >= 11 is 0. The van der Waals surface area contributed by atoms with Gasteiger partial charge < -0.3 is 15.1 Å². The number of hydrogen-bond acceptors (Lipinski definition) is 3. The third-order valence-corrected chi connectivity index (χ3v) is 4.11. The van der Waals surface area contributed by atoms with Crippen LogP contribution < -0.4 is 5.32 Å². The van der Waals surface area contributed by atoms with E-state index in [0.717, 1.165) is 38.3 Å². The number of likely N-dealkylation sites (N-methyl/N-ethyl adjacent to an activating group) is 1. The van der Waals surface area contributed by atoms with E-state index in [9.17, 15) is 9.59 Å². The second kappa shape index (κ2) is 7.94. The van der Waals surface area contributed by atoms with E-state index in [0.29, 0.717) is 18.5 Å². The summed E-state index contributed by atoms with van der Waals surface area (Å²) in [5, 5.41) is 2.84. The normalized spacial score (nSPS) is 15.6. The van der Waals surface area contributed by atoms with E-state index in [1.54, 1.807) is 0 Å². The zero-order valence-electron chi connectivity index (χ0n) is 13.5. The lowest BCUT2D eigenvalue weighted by Gasteiger charge is -2.33. The minimum atomic E-state index is -0.0625. The summed E-state index contributed by atoms with van der Waals surface area (Å²) in [7, 11) is 0. The zero-order chi connectivity index (χ0) is 15.9. The van der Waals surface area contributed by atoms with E-state index in [4.69, 9.17) is 0 Å². The first-order valence-electron chi connectivity index (χ1n) is 7.95. The predicted octanol–water partition coefficient (Wildman–Crippen LogP) is 1.91. The van der Waals surface area contributed by atoms with Gasteiger partial charge in [0.15, 0.2) is 5.78 Å². The van der Waals surface area contributed by atoms with E-state index in [1.165, 1.54) is 0 Å². The van der Waals surface area contributed by atoms with Crippen molar-refractivity contribution in [3.63, 3.8) is 0 Å². The Hall–Kier alpha value is -1.88. The van der Waals surface area contributed by atoms with Gasteiger partial charge in [-0.25, -0.2) is 4.79 Å². The third kappa shape index (κ3) is 4.56. The molecule has 0 aliphatic carbocycles. The molecule has 22 heavy (non-hydrogen) atoms. The summed E-state index contributed by atoms with van der Waals surface area (Å²) in [6, 6.07) is 7.47. The molecule has 1 saturated heterocycles. The Morgan fingerprint density at radius 2 is 1.73 bits per heavy atom. The van der Waals surface area contributed by atoms with Gasteiger partial charge in [-0.3, -0.25) is 4.79 Å². The third-order valence-electron chi connectivity index (χ3n) is 4.11. The highest BCUT2D eigenvalue weighted by Gasteiger charge is 2.19. The maximum Gasteiger partial charge on any atom is 0.317 e. The minimum Gasteiger partial charge on any atom is -0.338 e. The molecule has 2 rings (SSSR count). The van der Waals surface area contributed by atoms with Crippen molar-refractivity contribution < 1.29 is 9.59 Å². The first-order valence-corrected chi connectivity index (χ1v) is 7.95. The van der Waals surface area contributed by atoms with Crippen molar-refractivity contribution in [3.05, 3.63) is 35.4 Å². The Labute approximate surface area is 132 Å². The van der Waals surface area contributed by atoms with Crippen molar-refractivity contribution >= 4 is 11.8 Å². The summed E-state index contributed by atoms with van der Waals surface area (Å²) in [6.45, 7) is 8.90. The SMILES string of the molecule is CCN1CCN(C(=O)NCCC(=O)c2ccc(C)cc2)CC1. The summed E-state index contributed by atoms with van der Waals surface area (Å²) in [5.74, 6) is 0.0658. The molecule has 5 heteroatoms. The van der Waals surface area contributed by atoms with Crippen molar-refractivity contribution in [2.24, 2.45) is 0 Å². The number of amides is 2. The Kier molecular flexibility index (Phi) is 5.95. The lowest BCUT2D eigenvalue weighted by Crippen LogP contribution is -2.51. The molecule has 0 aromatic heterocycles. The fourth-order valence-electron chi connectivity index (χ4n) is 2.55. The number of rotatable bonds is 5. The zero-order valence-corrected chi connectivity index (χ0v) is 13.5. The van der Waals surface area contributed by atoms with Gasteiger partial charge in [0.05, 0.1) is 0 Å². The highest BCUT2D eigenvalue weighted by molar-refractivity contribution is 5.96. The molecule has 0 saturated carbocycles. The summed E-state index contributed by atoms with van der Waals surface area (Å²) < 4.78 is 0. The molecule has 5 nitrogen and oxygen atoms in total. The van der Waals surface area contributed by atoms with E-state index in [2.05, 4.69) is 17.1 Å². The molecule has 0 bridgehead atoms. The standard InChI is InChI=1S/C17H25N3O2/c1-3-19-10-12-20(13-11-19)17(22)18-9-8-16(21)15-6-4-14(2)5-7-15/h4-7H,3,8-13H2,1-2H3,(H,18,22). The van der Waals surface area contributed by atoms with Crippen LogP contribution in [0.5, 0.6) is 0 Å². The van der Waals surface area contributed by atoms with Gasteiger partial charge >= 0.3 is 6.03 Å². The van der Waals surface area contributed by atoms with Crippen LogP contribution in [0.3, 0.4) is 0 Å². The number of carbonyl (C=O) groups excluding carboxylic acids is 2. The van der Waals surface area contributed by atoms with Gasteiger partial charge in [0.1, 0.15) is 0 Å². The van der Waals surface area contributed by atoms with Gasteiger partial charge in [-0.1, -0.05) is 36.8 Å². The highest BCUT2D eigenvalue weighted by atomic mass is 16.2. The van der Waals surface area contributed by atoms with Crippen LogP contribution in [0, 0.1) is 6.92 Å². The van der Waals surface area contributed by atoms with Crippen molar-refractivity contribution in [2.45, 2.75) is 20.3 Å². The first kappa shape index (κ1) is 16.5. The molecule has 1 aromatic carbocycles. The molecule has 0 spiro atoms. The van der Waals surface area contributed by atoms with Gasteiger partial charge in [-0.2, -0.15) is 0 Å². The van der Waals surface area contributed by atoms with Crippen LogP contribution in [0.1, 0.15) is 29.3 Å². The molecule has 1 heterocycles. The Balaban J connectivity index is 1.71. The maximum absolute atomic E-state index is 12.0. The van der Waals surface area contributed by atoms with E-state index < -0.39 is 0 Å². The molecule has 2 amide bonds. The number of nitrogens with one attached hydrogen (secondary N) is 1. The van der Waals surface area contributed by atoms with Crippen LogP contribution in [0.25, 0.3) is 0 Å². The van der Waals surface area contributed by atoms with Gasteiger partial charge in [0.25, 0.3) is 0 Å². The van der Waals surface area contributed by atoms with Gasteiger partial charge in [0.2, 0.25) is 0 Å². The van der Waals surface area contributed by atoms with E-state index in [1.807, 2.05) is 36.1 Å². The number of piperazine rings is 1. The van der Waals surface area contributed by atoms with Crippen LogP contribution in [0.4, 0.5) is 4.79 Å². The van der Waals surface area contributed by atoms with Crippen molar-refractivity contribution in [2.75, 3.05) is 39.3 Å². The molecule has 0 unspecified atom stereocenters. The number of nitrogens with zero attached hydrogens (tertiary/aromatic N) is 2. The van der Waals surface area contributed by atoms with Crippen LogP contribution in [0.2, 0.25) is 0 Å². The average Bonchev–Trinajstić information content (AvgIpc) is 2.55. The summed E-state index contributed by atoms with van der Waals surface area (Å²) in [4.78, 5) is 28.2. The number of hydrogen-bond donors (Lipinski definition) is 1. The molecule has 1 aromatic rings. The number of carbonyl (C=O) groups is 2. The van der Waals surface area contributed by atoms with Crippen molar-refractivity contribution in [1.82, 2.24) is 15.1 Å². The number of urea groups is 1. The van der Waals surface area contributed by atoms with Crippen LogP contribution in [-0.4, -0.2) is 60.9 Å². The Morgan fingerprint density at radius 3 is 2.32 bits per heavy atom. The van der Waals surface area contributed by atoms with E-state index >= 15 is 0 Å². The quantitative estimate of drug-likeness (QED) is 0.846. The molecule has 1 aliphatic heterocycles. The second-order valence-corrected chi connectivity index (χ2v) is 5.69. The second-order valence-electron chi connectivity index (χ2n) is 5.69. The van der Waals surface area contributed by atoms with Crippen molar-refractivity contribution in [1.29, 1.82) is 0 Å². The number of Topliss-reactive ketones (excluding diaryl/α,β-unsaturated/α-hetero) is 1. The number of benzene rings is 1. The molecule has 120 valence electrons. The van der Waals surface area contributed by atoms with Crippen molar-refractivity contribution in [3.8, 4) is 0 Å². The number of ketones is 1. The monoisotopic (exact) mass is 303 g/mol. The van der Waals surface area contributed by atoms with Crippen LogP contribution >= 0.6 is 0 Å². The lowest BCUT2D eigenvalue weighted by atomic mass is 10.1. The maximum atomic E-state index is 12.0. The van der Waals surface area contributed by atoms with Gasteiger partial charge in [0, 0.05) is 44.7 Å². The summed E-state index contributed by atoms with van der Waals surface area (Å²) in [5.41, 5.74) is 1.84. The lowest BCUT2D eigenvalue weighted by molar-refractivity contribution is 0.0982. The first-order chi connectivity index (χ1) is 10.6. The van der Waals surface area contributed by atoms with Gasteiger partial charge in [-0.05, 0) is 13.5 Å². The average molecular weight is 303 g/mol. The topological polar surface area (TPSA) is 52.6 Å². The molecule has 1 aliphatic rings. The van der Waals surface area contributed by atoms with Gasteiger partial charge in [-0.15, -0.1) is 0 Å². The molecular weight excluding hydrogens is 278 g/mol. The molecule has 0 radical (unpaired) electrons. The fraction of sp³-hybridized carbons (Fsp3) is 0.529. The Bertz CT molecular complexity index is 505. The Morgan fingerprint density at radius 1 is 1.09 bits per heavy atom. The number of aryl methyl sites for hydroxylation is 1. The molecule has 0 atom stereocenters. The summed E-state index contributed by atoms with van der Waals surface area (Å²) in [6.07, 6.45) is 0.337. The van der Waals surface area contributed by atoms with E-state index in [-0.39, 0.29) is 11.8 Å². The van der Waals surface area contributed by atoms with Crippen LogP contribution in [-0.2, 0) is 0 Å². The fourth-order valence-corrected chi connectivity index (χ4v) is 2.55. The van der Waals surface area contributed by atoms with Crippen LogP contribution in [0.15, 0.2) is 24.3 Å². The largest absolute Gasteiger partial charge is 0.338 e. The minimum absolute atomic E-state index is 0.0625. The highest BCUT2D eigenvalue weighted by Crippen LogP contribution is 2.06. The molecule has 1 fully saturated rings. The molecular formula is C17H25N3O2. The smallest absolute Gasteiger partial charge is 0.317 e. The molecule has 1 N–H and O–H groups in total.